The van der Waals surface area contributed by atoms with Gasteiger partial charge in [0.05, 0.1) is 12.7 Å². The molecule has 1 amide bonds. The number of nitrogens with zero attached hydrogens (tertiary/aromatic N) is 4. The van der Waals surface area contributed by atoms with Crippen LogP contribution in [-0.4, -0.2) is 32.2 Å². The number of halogens is 1. The fourth-order valence-electron chi connectivity index (χ4n) is 2.18. The van der Waals surface area contributed by atoms with Crippen molar-refractivity contribution in [3.8, 4) is 11.4 Å². The fraction of sp³-hybridized carbons (Fsp3) is 0.111. The largest absolute Gasteiger partial charge is 0.351 e. The van der Waals surface area contributed by atoms with Crippen LogP contribution >= 0.6 is 0 Å². The Morgan fingerprint density at radius 3 is 2.88 bits per heavy atom. The number of nitrogens with one attached hydrogen (secondary N) is 1. The summed E-state index contributed by atoms with van der Waals surface area (Å²) in [5.41, 5.74) is 1.79. The van der Waals surface area contributed by atoms with Crippen molar-refractivity contribution in [1.29, 1.82) is 0 Å². The van der Waals surface area contributed by atoms with Crippen LogP contribution in [-0.2, 0) is 11.3 Å². The minimum absolute atomic E-state index is 0.287. The minimum Gasteiger partial charge on any atom is -0.351 e. The van der Waals surface area contributed by atoms with Crippen LogP contribution in [0.3, 0.4) is 0 Å². The summed E-state index contributed by atoms with van der Waals surface area (Å²) in [6, 6.07) is 8.12. The average molecular weight is 337 g/mol. The van der Waals surface area contributed by atoms with E-state index in [9.17, 15) is 9.18 Å². The molecule has 0 aliphatic heterocycles. The maximum absolute atomic E-state index is 13.5. The summed E-state index contributed by atoms with van der Waals surface area (Å²) in [6.45, 7) is 0.918. The Morgan fingerprint density at radius 2 is 2.08 bits per heavy atom. The molecular weight excluding hydrogens is 321 g/mol. The van der Waals surface area contributed by atoms with Crippen LogP contribution in [0.15, 0.2) is 61.2 Å². The van der Waals surface area contributed by atoms with Crippen LogP contribution < -0.4 is 5.32 Å². The van der Waals surface area contributed by atoms with Gasteiger partial charge in [0, 0.05) is 36.8 Å². The number of hydrogen-bond donors (Lipinski definition) is 1. The van der Waals surface area contributed by atoms with Crippen molar-refractivity contribution in [3.05, 3.63) is 72.6 Å². The third kappa shape index (κ3) is 4.57. The predicted octanol–water partition coefficient (Wildman–Crippen LogP) is 2.31. The van der Waals surface area contributed by atoms with Crippen molar-refractivity contribution < 1.29 is 9.18 Å². The Labute approximate surface area is 144 Å². The van der Waals surface area contributed by atoms with Crippen molar-refractivity contribution in [2.24, 2.45) is 0 Å². The lowest BCUT2D eigenvalue weighted by Crippen LogP contribution is -2.25. The number of rotatable bonds is 6. The van der Waals surface area contributed by atoms with Gasteiger partial charge in [-0.25, -0.2) is 4.39 Å². The highest BCUT2D eigenvalue weighted by molar-refractivity contribution is 5.91. The maximum atomic E-state index is 13.5. The normalized spacial score (nSPS) is 10.9. The second-order valence-corrected chi connectivity index (χ2v) is 5.20. The topological polar surface area (TPSA) is 72.7 Å². The molecule has 0 unspecified atom stereocenters. The lowest BCUT2D eigenvalue weighted by atomic mass is 10.2. The number of aromatic nitrogens is 4. The molecule has 3 rings (SSSR count). The zero-order valence-corrected chi connectivity index (χ0v) is 13.3. The van der Waals surface area contributed by atoms with Crippen molar-refractivity contribution >= 4 is 12.0 Å². The zero-order valence-electron chi connectivity index (χ0n) is 13.3. The van der Waals surface area contributed by atoms with Crippen molar-refractivity contribution in [2.75, 3.05) is 6.54 Å². The molecule has 126 valence electrons. The molecule has 0 aliphatic rings. The molecule has 0 radical (unpaired) electrons. The van der Waals surface area contributed by atoms with Crippen molar-refractivity contribution in [2.45, 2.75) is 6.54 Å². The Balaban J connectivity index is 1.49. The van der Waals surface area contributed by atoms with Crippen LogP contribution in [0.2, 0.25) is 0 Å². The van der Waals surface area contributed by atoms with Gasteiger partial charge in [0.25, 0.3) is 0 Å². The van der Waals surface area contributed by atoms with E-state index in [1.54, 1.807) is 41.5 Å². The quantitative estimate of drug-likeness (QED) is 0.701. The van der Waals surface area contributed by atoms with E-state index in [1.807, 2.05) is 12.3 Å². The summed E-state index contributed by atoms with van der Waals surface area (Å²) in [7, 11) is 0. The molecule has 0 atom stereocenters. The molecule has 3 aromatic rings. The minimum atomic E-state index is -0.361. The summed E-state index contributed by atoms with van der Waals surface area (Å²) in [5, 5.41) is 7.11. The average Bonchev–Trinajstić information content (AvgIpc) is 3.11. The Bertz CT molecular complexity index is 876. The molecule has 0 fully saturated rings. The summed E-state index contributed by atoms with van der Waals surface area (Å²) in [4.78, 5) is 20.0. The second-order valence-electron chi connectivity index (χ2n) is 5.20. The van der Waals surface area contributed by atoms with Crippen LogP contribution in [0.1, 0.15) is 5.56 Å². The summed E-state index contributed by atoms with van der Waals surface area (Å²) in [6.07, 6.45) is 9.42. The van der Waals surface area contributed by atoms with Crippen LogP contribution in [0.25, 0.3) is 17.5 Å². The van der Waals surface area contributed by atoms with Gasteiger partial charge < -0.3 is 5.32 Å². The lowest BCUT2D eigenvalue weighted by Gasteiger charge is -2.03. The first kappa shape index (κ1) is 16.5. The van der Waals surface area contributed by atoms with E-state index in [4.69, 9.17) is 0 Å². The third-order valence-corrected chi connectivity index (χ3v) is 3.43. The van der Waals surface area contributed by atoms with Crippen molar-refractivity contribution in [3.63, 3.8) is 0 Å². The summed E-state index contributed by atoms with van der Waals surface area (Å²) >= 11 is 0. The van der Waals surface area contributed by atoms with E-state index in [2.05, 4.69) is 20.4 Å². The number of carbonyl (C=O) groups is 1. The van der Waals surface area contributed by atoms with Gasteiger partial charge in [-0.05, 0) is 18.2 Å². The van der Waals surface area contributed by atoms with Crippen LogP contribution in [0, 0.1) is 5.82 Å². The molecule has 6 nitrogen and oxygen atoms in total. The molecule has 0 spiro atoms. The van der Waals surface area contributed by atoms with Gasteiger partial charge in [0.15, 0.2) is 0 Å². The molecule has 1 aromatic carbocycles. The molecule has 1 N–H and O–H groups in total. The Kier molecular flexibility index (Phi) is 5.26. The van der Waals surface area contributed by atoms with Gasteiger partial charge >= 0.3 is 0 Å². The molecule has 7 heteroatoms. The second kappa shape index (κ2) is 7.96. The fourth-order valence-corrected chi connectivity index (χ4v) is 2.18. The van der Waals surface area contributed by atoms with Crippen molar-refractivity contribution in [1.82, 2.24) is 25.1 Å². The van der Waals surface area contributed by atoms with Gasteiger partial charge in [-0.3, -0.25) is 19.4 Å². The van der Waals surface area contributed by atoms with E-state index >= 15 is 0 Å². The molecule has 2 aromatic heterocycles. The smallest absolute Gasteiger partial charge is 0.244 e. The van der Waals surface area contributed by atoms with E-state index in [0.717, 1.165) is 5.69 Å². The molecule has 25 heavy (non-hydrogen) atoms. The first-order valence-electron chi connectivity index (χ1n) is 7.72. The molecule has 0 bridgehead atoms. The molecule has 2 heterocycles. The Morgan fingerprint density at radius 1 is 1.20 bits per heavy atom. The van der Waals surface area contributed by atoms with E-state index in [0.29, 0.717) is 24.3 Å². The summed E-state index contributed by atoms with van der Waals surface area (Å²) in [5.74, 6) is -0.649. The standard InChI is InChI=1S/C18H16FN5O/c19-15-4-2-1-3-14(15)5-6-18(25)22-10-12-24-11-7-16(23-24)17-13-20-8-9-21-17/h1-9,11,13H,10,12H2,(H,22,25). The lowest BCUT2D eigenvalue weighted by molar-refractivity contribution is -0.116. The highest BCUT2D eigenvalue weighted by Crippen LogP contribution is 2.11. The van der Waals surface area contributed by atoms with Gasteiger partial charge in [-0.2, -0.15) is 5.10 Å². The van der Waals surface area contributed by atoms with E-state index in [-0.39, 0.29) is 11.7 Å². The highest BCUT2D eigenvalue weighted by atomic mass is 19.1. The first-order valence-corrected chi connectivity index (χ1v) is 7.72. The zero-order chi connectivity index (χ0) is 17.5. The molecule has 0 saturated carbocycles. The summed E-state index contributed by atoms with van der Waals surface area (Å²) < 4.78 is 15.2. The van der Waals surface area contributed by atoms with Gasteiger partial charge in [0.2, 0.25) is 5.91 Å². The van der Waals surface area contributed by atoms with E-state index < -0.39 is 0 Å². The molecular formula is C18H16FN5O. The number of benzene rings is 1. The molecule has 0 aliphatic carbocycles. The van der Waals surface area contributed by atoms with Gasteiger partial charge in [0.1, 0.15) is 17.2 Å². The predicted molar refractivity (Wildman–Crippen MR) is 91.7 cm³/mol. The first-order chi connectivity index (χ1) is 12.2. The highest BCUT2D eigenvalue weighted by Gasteiger charge is 2.04. The number of carbonyl (C=O) groups excluding carboxylic acids is 1. The monoisotopic (exact) mass is 337 g/mol. The van der Waals surface area contributed by atoms with Gasteiger partial charge in [-0.15, -0.1) is 0 Å². The van der Waals surface area contributed by atoms with Crippen LogP contribution in [0.4, 0.5) is 4.39 Å². The van der Waals surface area contributed by atoms with Gasteiger partial charge in [-0.1, -0.05) is 18.2 Å². The van der Waals surface area contributed by atoms with Crippen LogP contribution in [0.5, 0.6) is 0 Å². The number of hydrogen-bond acceptors (Lipinski definition) is 4. The number of amides is 1. The SMILES string of the molecule is O=C(C=Cc1ccccc1F)NCCn1ccc(-c2cnccn2)n1. The third-order valence-electron chi connectivity index (χ3n) is 3.43. The Hall–Kier alpha value is -3.35. The molecule has 0 saturated heterocycles. The van der Waals surface area contributed by atoms with E-state index in [1.165, 1.54) is 18.2 Å². The maximum Gasteiger partial charge on any atom is 0.244 e.